The van der Waals surface area contributed by atoms with E-state index in [1.165, 1.54) is 0 Å². The normalized spacial score (nSPS) is 13.1. The summed E-state index contributed by atoms with van der Waals surface area (Å²) in [7, 11) is 0. The Morgan fingerprint density at radius 2 is 1.37 bits per heavy atom. The first-order valence-electron chi connectivity index (χ1n) is 13.9. The van der Waals surface area contributed by atoms with Crippen LogP contribution in [0.15, 0.2) is 68.9 Å². The fourth-order valence-electron chi connectivity index (χ4n) is 7.01. The van der Waals surface area contributed by atoms with Crippen LogP contribution in [0, 0.1) is 29.6 Å². The van der Waals surface area contributed by atoms with Gasteiger partial charge in [0.1, 0.15) is 0 Å². The van der Waals surface area contributed by atoms with Gasteiger partial charge in [-0.15, -0.1) is 0 Å². The van der Waals surface area contributed by atoms with E-state index in [1.807, 2.05) is 25.3 Å². The smallest absolute Gasteiger partial charge is 0.0998 e. The number of fused-ring (bicyclic) bond motifs is 2. The van der Waals surface area contributed by atoms with Crippen LogP contribution in [0.1, 0.15) is 61.1 Å². The molecule has 1 aliphatic rings. The molecule has 0 unspecified atom stereocenters. The molecule has 0 N–H and O–H groups in total. The predicted octanol–water partition coefficient (Wildman–Crippen LogP) is 9.28. The van der Waals surface area contributed by atoms with Crippen LogP contribution in [-0.4, -0.2) is 21.9 Å². The summed E-state index contributed by atoms with van der Waals surface area (Å²) >= 11 is 0. The largest absolute Gasteiger partial charge is 0.346 e. The molecule has 4 nitrogen and oxygen atoms in total. The van der Waals surface area contributed by atoms with Gasteiger partial charge in [0.25, 0.3) is 0 Å². The molecule has 4 heteroatoms. The van der Waals surface area contributed by atoms with Crippen molar-refractivity contribution in [3.05, 3.63) is 102 Å². The first-order valence-corrected chi connectivity index (χ1v) is 13.9. The van der Waals surface area contributed by atoms with Crippen LogP contribution in [0.25, 0.3) is 60.2 Å². The molecule has 0 amide bonds. The lowest BCUT2D eigenvalue weighted by molar-refractivity contribution is 0.440. The van der Waals surface area contributed by atoms with Crippen molar-refractivity contribution >= 4 is 60.2 Å². The molecule has 0 atom stereocenters. The Labute approximate surface area is 241 Å². The third kappa shape index (κ3) is 3.32. The number of benzene rings is 5. The molecule has 0 fully saturated rings. The number of rotatable bonds is 5. The zero-order valence-electron chi connectivity index (χ0n) is 24.3. The molecule has 0 aliphatic carbocycles. The predicted molar refractivity (Wildman–Crippen MR) is 173 cm³/mol. The van der Waals surface area contributed by atoms with E-state index >= 15 is 0 Å². The molecule has 0 bridgehead atoms. The highest BCUT2D eigenvalue weighted by Gasteiger charge is 2.31. The summed E-state index contributed by atoms with van der Waals surface area (Å²) in [6, 6.07) is 17.7. The van der Waals surface area contributed by atoms with Crippen LogP contribution in [0.2, 0.25) is 0 Å². The van der Waals surface area contributed by atoms with E-state index in [0.717, 1.165) is 82.4 Å². The molecule has 1 heterocycles. The van der Waals surface area contributed by atoms with Crippen molar-refractivity contribution < 1.29 is 0 Å². The van der Waals surface area contributed by atoms with E-state index in [2.05, 4.69) is 100 Å². The summed E-state index contributed by atoms with van der Waals surface area (Å²) in [4.78, 5) is 4.20. The van der Waals surface area contributed by atoms with Gasteiger partial charge < -0.3 is 9.80 Å². The zero-order chi connectivity index (χ0) is 29.5. The molecule has 0 spiro atoms. The van der Waals surface area contributed by atoms with Crippen LogP contribution < -0.4 is 0 Å². The van der Waals surface area contributed by atoms with Gasteiger partial charge in [0, 0.05) is 67.4 Å². The van der Waals surface area contributed by atoms with Crippen molar-refractivity contribution in [3.8, 4) is 12.1 Å². The van der Waals surface area contributed by atoms with Gasteiger partial charge in [-0.25, -0.2) is 0 Å². The minimum absolute atomic E-state index is 0.158. The quantitative estimate of drug-likeness (QED) is 0.167. The second kappa shape index (κ2) is 8.98. The Morgan fingerprint density at radius 3 is 1.93 bits per heavy atom. The molecular weight excluding hydrogens is 500 g/mol. The third-order valence-electron chi connectivity index (χ3n) is 8.64. The van der Waals surface area contributed by atoms with Crippen LogP contribution in [-0.2, 0) is 0 Å². The summed E-state index contributed by atoms with van der Waals surface area (Å²) in [5.41, 5.74) is 7.73. The topological polar surface area (TPSA) is 54.1 Å². The summed E-state index contributed by atoms with van der Waals surface area (Å²) < 4.78 is 0. The van der Waals surface area contributed by atoms with Gasteiger partial charge in [-0.2, -0.15) is 10.5 Å². The molecule has 0 saturated heterocycles. The fourth-order valence-corrected chi connectivity index (χ4v) is 7.01. The first kappa shape index (κ1) is 26.2. The summed E-state index contributed by atoms with van der Waals surface area (Å²) in [5, 5.41) is 28.7. The Kier molecular flexibility index (Phi) is 5.73. The number of aryl methyl sites for hydroxylation is 1. The maximum Gasteiger partial charge on any atom is 0.0998 e. The Morgan fingerprint density at radius 1 is 0.805 bits per heavy atom. The van der Waals surface area contributed by atoms with Gasteiger partial charge >= 0.3 is 0 Å². The lowest BCUT2D eigenvalue weighted by Gasteiger charge is -2.38. The number of hydrogen-bond acceptors (Lipinski definition) is 4. The van der Waals surface area contributed by atoms with Crippen molar-refractivity contribution in [1.29, 1.82) is 10.5 Å². The van der Waals surface area contributed by atoms with Crippen LogP contribution in [0.5, 0.6) is 0 Å². The van der Waals surface area contributed by atoms with E-state index in [9.17, 15) is 10.5 Å². The summed E-state index contributed by atoms with van der Waals surface area (Å²) in [6.45, 7) is 27.9. The van der Waals surface area contributed by atoms with Crippen LogP contribution in [0.4, 0.5) is 0 Å². The lowest BCUT2D eigenvalue weighted by Crippen LogP contribution is -2.29. The average molecular weight is 533 g/mol. The molecule has 41 heavy (non-hydrogen) atoms. The summed E-state index contributed by atoms with van der Waals surface area (Å²) in [6.07, 6.45) is 1.81. The standard InChI is InChI=1S/C37H32N4/c1-10-40(19(2)3)22(7)27-11-13-29-34-26(18-39)16-31-24(9)41(20(4)5)23(8)28-12-14-30(37(34)35(28)31)33-25(17-38)15-21(6)32(27)36(29)33/h10-16,19-20H,1,7-9H2,2-6H3. The molecular formula is C37H32N4. The fraction of sp³-hybridized carbons (Fsp3) is 0.189. The van der Waals surface area contributed by atoms with Crippen molar-refractivity contribution in [3.63, 3.8) is 0 Å². The highest BCUT2D eigenvalue weighted by molar-refractivity contribution is 6.37. The Hall–Kier alpha value is -5.06. The highest BCUT2D eigenvalue weighted by atomic mass is 15.2. The number of nitriles is 2. The molecule has 200 valence electrons. The van der Waals surface area contributed by atoms with Crippen molar-refractivity contribution in [1.82, 2.24) is 9.80 Å². The van der Waals surface area contributed by atoms with Crippen molar-refractivity contribution in [2.45, 2.75) is 46.7 Å². The van der Waals surface area contributed by atoms with Crippen molar-refractivity contribution in [2.75, 3.05) is 0 Å². The van der Waals surface area contributed by atoms with Gasteiger partial charge in [0.05, 0.1) is 23.3 Å². The SMILES string of the molecule is C=CN(C(=C)c1ccc2c3c(C#N)cc4c5c(ccc(c6c(C#N)cc(C)c1c26)c53)C(=C)N(C(C)C)C4=C)C(C)C. The molecule has 0 saturated carbocycles. The maximum absolute atomic E-state index is 10.5. The minimum Gasteiger partial charge on any atom is -0.346 e. The molecule has 5 aromatic carbocycles. The molecule has 0 radical (unpaired) electrons. The zero-order valence-corrected chi connectivity index (χ0v) is 24.3. The van der Waals surface area contributed by atoms with Crippen molar-refractivity contribution in [2.24, 2.45) is 0 Å². The highest BCUT2D eigenvalue weighted by Crippen LogP contribution is 2.51. The van der Waals surface area contributed by atoms with Gasteiger partial charge in [-0.05, 0) is 80.1 Å². The maximum atomic E-state index is 10.5. The molecule has 6 rings (SSSR count). The van der Waals surface area contributed by atoms with Crippen LogP contribution in [0.3, 0.4) is 0 Å². The second-order valence-corrected chi connectivity index (χ2v) is 11.5. The molecule has 1 aliphatic heterocycles. The third-order valence-corrected chi connectivity index (χ3v) is 8.64. The number of hydrogen-bond donors (Lipinski definition) is 0. The monoisotopic (exact) mass is 532 g/mol. The van der Waals surface area contributed by atoms with E-state index in [1.54, 1.807) is 0 Å². The van der Waals surface area contributed by atoms with Gasteiger partial charge in [0.2, 0.25) is 0 Å². The lowest BCUT2D eigenvalue weighted by atomic mass is 9.79. The number of nitrogens with zero attached hydrogens (tertiary/aromatic N) is 4. The van der Waals surface area contributed by atoms with Crippen LogP contribution >= 0.6 is 0 Å². The Balaban J connectivity index is 1.89. The van der Waals surface area contributed by atoms with Gasteiger partial charge in [0.15, 0.2) is 0 Å². The van der Waals surface area contributed by atoms with E-state index < -0.39 is 0 Å². The minimum atomic E-state index is 0.158. The van der Waals surface area contributed by atoms with E-state index in [4.69, 9.17) is 0 Å². The molecule has 5 aromatic rings. The Bertz CT molecular complexity index is 2110. The second-order valence-electron chi connectivity index (χ2n) is 11.5. The van der Waals surface area contributed by atoms with E-state index in [-0.39, 0.29) is 12.1 Å². The van der Waals surface area contributed by atoms with Gasteiger partial charge in [-0.1, -0.05) is 50.6 Å². The van der Waals surface area contributed by atoms with E-state index in [0.29, 0.717) is 11.1 Å². The molecule has 0 aromatic heterocycles. The average Bonchev–Trinajstić information content (AvgIpc) is 2.94. The summed E-state index contributed by atoms with van der Waals surface area (Å²) in [5.74, 6) is 0. The first-order chi connectivity index (χ1) is 19.6. The van der Waals surface area contributed by atoms with Gasteiger partial charge in [-0.3, -0.25) is 0 Å².